The second-order valence-electron chi connectivity index (χ2n) is 2.74. The lowest BCUT2D eigenvalue weighted by Crippen LogP contribution is -2.19. The van der Waals surface area contributed by atoms with Crippen LogP contribution in [-0.2, 0) is 6.18 Å². The Morgan fingerprint density at radius 3 is 2.75 bits per heavy atom. The van der Waals surface area contributed by atoms with Gasteiger partial charge in [0.25, 0.3) is 10.8 Å². The van der Waals surface area contributed by atoms with Gasteiger partial charge in [-0.2, -0.15) is 17.7 Å². The Hall–Kier alpha value is -1.64. The average molecular weight is 251 g/mol. The highest BCUT2D eigenvalue weighted by molar-refractivity contribution is 7.18. The van der Waals surface area contributed by atoms with E-state index < -0.39 is 17.4 Å². The van der Waals surface area contributed by atoms with Crippen LogP contribution in [0.1, 0.15) is 5.69 Å². The first kappa shape index (κ1) is 10.9. The minimum atomic E-state index is -4.65. The molecule has 0 N–H and O–H groups in total. The number of nitrogens with zero attached hydrogens (tertiary/aromatic N) is 3. The van der Waals surface area contributed by atoms with Gasteiger partial charge in [-0.25, -0.2) is 4.98 Å². The number of hydrogen-bond donors (Lipinski definition) is 0. The first-order chi connectivity index (χ1) is 7.41. The fraction of sp³-hybridized carbons (Fsp3) is 0.286. The first-order valence-electron chi connectivity index (χ1n) is 3.94. The van der Waals surface area contributed by atoms with Gasteiger partial charge in [0.1, 0.15) is 0 Å². The summed E-state index contributed by atoms with van der Waals surface area (Å²) in [6, 6.07) is 0.395. The number of aromatic nitrogens is 3. The van der Waals surface area contributed by atoms with Crippen LogP contribution in [0.4, 0.5) is 13.2 Å². The van der Waals surface area contributed by atoms with Crippen molar-refractivity contribution >= 4 is 16.3 Å². The van der Waals surface area contributed by atoms with Crippen molar-refractivity contribution in [1.82, 2.24) is 14.6 Å². The van der Waals surface area contributed by atoms with Gasteiger partial charge >= 0.3 is 6.18 Å². The summed E-state index contributed by atoms with van der Waals surface area (Å²) in [6.07, 6.45) is -4.65. The third-order valence-electron chi connectivity index (χ3n) is 1.69. The number of alkyl halides is 3. The van der Waals surface area contributed by atoms with Gasteiger partial charge in [-0.3, -0.25) is 4.79 Å². The van der Waals surface area contributed by atoms with Crippen LogP contribution in [0.2, 0.25) is 0 Å². The molecule has 0 spiro atoms. The molecule has 2 aromatic heterocycles. The summed E-state index contributed by atoms with van der Waals surface area (Å²) in [4.78, 5) is 14.4. The molecule has 0 radical (unpaired) electrons. The van der Waals surface area contributed by atoms with Gasteiger partial charge in [0.15, 0.2) is 5.69 Å². The zero-order valence-electron chi connectivity index (χ0n) is 7.78. The van der Waals surface area contributed by atoms with Crippen LogP contribution in [0.25, 0.3) is 4.96 Å². The SMILES string of the molecule is COc1nn2c(=O)cc(C(F)(F)F)nc2s1. The molecule has 16 heavy (non-hydrogen) atoms. The van der Waals surface area contributed by atoms with E-state index in [1.165, 1.54) is 7.11 Å². The van der Waals surface area contributed by atoms with Crippen LogP contribution in [0, 0.1) is 0 Å². The number of rotatable bonds is 1. The van der Waals surface area contributed by atoms with Crippen LogP contribution in [0.5, 0.6) is 5.19 Å². The highest BCUT2D eigenvalue weighted by Gasteiger charge is 2.33. The van der Waals surface area contributed by atoms with Gasteiger partial charge in [-0.1, -0.05) is 0 Å². The molecule has 0 aromatic carbocycles. The zero-order valence-corrected chi connectivity index (χ0v) is 8.59. The highest BCUT2D eigenvalue weighted by Crippen LogP contribution is 2.28. The zero-order chi connectivity index (χ0) is 11.9. The maximum Gasteiger partial charge on any atom is 0.433 e. The standard InChI is InChI=1S/C7H4F3N3O2S/c1-15-6-12-13-4(14)2-3(7(8,9)10)11-5(13)16-6/h2H,1H3. The minimum absolute atomic E-state index is 0.0731. The van der Waals surface area contributed by atoms with Crippen molar-refractivity contribution in [1.29, 1.82) is 0 Å². The Labute approximate surface area is 90.1 Å². The third-order valence-corrected chi connectivity index (χ3v) is 2.56. The van der Waals surface area contributed by atoms with E-state index in [9.17, 15) is 18.0 Å². The largest absolute Gasteiger partial charge is 0.472 e. The third kappa shape index (κ3) is 1.73. The second kappa shape index (κ2) is 3.44. The fourth-order valence-corrected chi connectivity index (χ4v) is 1.74. The number of fused-ring (bicyclic) bond motifs is 1. The van der Waals surface area contributed by atoms with Crippen molar-refractivity contribution in [2.24, 2.45) is 0 Å². The van der Waals surface area contributed by atoms with E-state index in [4.69, 9.17) is 4.74 Å². The summed E-state index contributed by atoms with van der Waals surface area (Å²) in [5, 5.41) is 3.70. The average Bonchev–Trinajstić information content (AvgIpc) is 2.59. The summed E-state index contributed by atoms with van der Waals surface area (Å²) in [7, 11) is 1.30. The monoisotopic (exact) mass is 251 g/mol. The molecule has 0 aliphatic rings. The Kier molecular flexibility index (Phi) is 2.34. The van der Waals surface area contributed by atoms with Gasteiger partial charge in [0.05, 0.1) is 7.11 Å². The molecular formula is C7H4F3N3O2S. The van der Waals surface area contributed by atoms with Crippen molar-refractivity contribution in [3.8, 4) is 5.19 Å². The molecular weight excluding hydrogens is 247 g/mol. The molecule has 9 heteroatoms. The molecule has 2 aromatic rings. The van der Waals surface area contributed by atoms with E-state index in [2.05, 4.69) is 10.1 Å². The molecule has 86 valence electrons. The predicted molar refractivity (Wildman–Crippen MR) is 48.7 cm³/mol. The van der Waals surface area contributed by atoms with Crippen molar-refractivity contribution in [3.63, 3.8) is 0 Å². The van der Waals surface area contributed by atoms with Crippen LogP contribution in [0.3, 0.4) is 0 Å². The van der Waals surface area contributed by atoms with Crippen molar-refractivity contribution in [2.45, 2.75) is 6.18 Å². The lowest BCUT2D eigenvalue weighted by molar-refractivity contribution is -0.141. The van der Waals surface area contributed by atoms with Crippen LogP contribution in [0.15, 0.2) is 10.9 Å². The Morgan fingerprint density at radius 2 is 2.19 bits per heavy atom. The van der Waals surface area contributed by atoms with Gasteiger partial charge in [-0.05, 0) is 11.3 Å². The number of hydrogen-bond acceptors (Lipinski definition) is 5. The highest BCUT2D eigenvalue weighted by atomic mass is 32.1. The summed E-state index contributed by atoms with van der Waals surface area (Å²) < 4.78 is 42.4. The maximum atomic E-state index is 12.3. The summed E-state index contributed by atoms with van der Waals surface area (Å²) in [5.41, 5.74) is -2.12. The Morgan fingerprint density at radius 1 is 1.50 bits per heavy atom. The van der Waals surface area contributed by atoms with Gasteiger partial charge in [-0.15, -0.1) is 5.10 Å². The number of halogens is 3. The molecule has 0 amide bonds. The molecule has 2 rings (SSSR count). The van der Waals surface area contributed by atoms with Crippen LogP contribution >= 0.6 is 11.3 Å². The van der Waals surface area contributed by atoms with E-state index in [0.717, 1.165) is 15.9 Å². The molecule has 0 unspecified atom stereocenters. The van der Waals surface area contributed by atoms with Crippen molar-refractivity contribution in [2.75, 3.05) is 7.11 Å². The smallest absolute Gasteiger partial charge is 0.433 e. The molecule has 0 saturated carbocycles. The van der Waals surface area contributed by atoms with E-state index in [-0.39, 0.29) is 10.2 Å². The van der Waals surface area contributed by atoms with Crippen LogP contribution < -0.4 is 10.3 Å². The maximum absolute atomic E-state index is 12.3. The van der Waals surface area contributed by atoms with E-state index >= 15 is 0 Å². The second-order valence-corrected chi connectivity index (χ2v) is 3.66. The lowest BCUT2D eigenvalue weighted by atomic mass is 10.4. The van der Waals surface area contributed by atoms with Crippen molar-refractivity contribution in [3.05, 3.63) is 22.1 Å². The van der Waals surface area contributed by atoms with Crippen LogP contribution in [-0.4, -0.2) is 21.7 Å². The quantitative estimate of drug-likeness (QED) is 0.763. The molecule has 0 atom stereocenters. The first-order valence-corrected chi connectivity index (χ1v) is 4.75. The molecule has 0 fully saturated rings. The van der Waals surface area contributed by atoms with Gasteiger partial charge < -0.3 is 4.74 Å². The molecule has 5 nitrogen and oxygen atoms in total. The molecule has 0 bridgehead atoms. The molecule has 2 heterocycles. The number of methoxy groups -OCH3 is 1. The number of ether oxygens (including phenoxy) is 1. The Balaban J connectivity index is 2.72. The fourth-order valence-electron chi connectivity index (χ4n) is 1.02. The molecule has 0 saturated heterocycles. The van der Waals surface area contributed by atoms with E-state index in [0.29, 0.717) is 6.07 Å². The summed E-state index contributed by atoms with van der Waals surface area (Å²) in [5.74, 6) is 0. The topological polar surface area (TPSA) is 56.5 Å². The predicted octanol–water partition coefficient (Wildman–Crippen LogP) is 1.18. The van der Waals surface area contributed by atoms with Gasteiger partial charge in [0.2, 0.25) is 4.96 Å². The normalized spacial score (nSPS) is 12.0. The van der Waals surface area contributed by atoms with Gasteiger partial charge in [0, 0.05) is 6.07 Å². The summed E-state index contributed by atoms with van der Waals surface area (Å²) in [6.45, 7) is 0. The lowest BCUT2D eigenvalue weighted by Gasteiger charge is -2.03. The molecule has 0 aliphatic heterocycles. The molecule has 0 aliphatic carbocycles. The van der Waals surface area contributed by atoms with Crippen molar-refractivity contribution < 1.29 is 17.9 Å². The van der Waals surface area contributed by atoms with E-state index in [1.807, 2.05) is 0 Å². The Bertz CT molecular complexity index is 589. The summed E-state index contributed by atoms with van der Waals surface area (Å²) >= 11 is 0.760. The minimum Gasteiger partial charge on any atom is -0.472 e. The van der Waals surface area contributed by atoms with E-state index in [1.54, 1.807) is 0 Å².